The van der Waals surface area contributed by atoms with E-state index in [1.165, 1.54) is 49.4 Å². The second-order valence-corrected chi connectivity index (χ2v) is 12.5. The molecule has 0 spiro atoms. The second-order valence-electron chi connectivity index (χ2n) is 12.5. The number of carbonyl (C=O) groups excluding carboxylic acids is 1. The molecule has 1 aromatic heterocycles. The van der Waals surface area contributed by atoms with Crippen LogP contribution in [0.1, 0.15) is 12.5 Å². The van der Waals surface area contributed by atoms with Crippen LogP contribution in [0.2, 0.25) is 0 Å². The molecule has 0 saturated carbocycles. The van der Waals surface area contributed by atoms with Gasteiger partial charge in [0, 0.05) is 23.8 Å². The molecule has 2 saturated heterocycles. The molecule has 2 aliphatic rings. The number of ether oxygens (including phenoxy) is 5. The first-order chi connectivity index (χ1) is 25.2. The Morgan fingerprint density at radius 1 is 0.774 bits per heavy atom. The Hall–Kier alpha value is -5.24. The lowest BCUT2D eigenvalue weighted by Crippen LogP contribution is -2.64. The maximum absolute atomic E-state index is 13.7. The summed E-state index contributed by atoms with van der Waals surface area (Å²) in [6, 6.07) is 13.3. The van der Waals surface area contributed by atoms with Crippen molar-refractivity contribution in [3.63, 3.8) is 0 Å². The van der Waals surface area contributed by atoms with E-state index in [4.69, 9.17) is 28.1 Å². The lowest BCUT2D eigenvalue weighted by atomic mass is 9.97. The van der Waals surface area contributed by atoms with E-state index >= 15 is 0 Å². The molecule has 4 aromatic rings. The smallest absolute Gasteiger partial charge is 0.330 e. The molecule has 282 valence electrons. The van der Waals surface area contributed by atoms with Crippen molar-refractivity contribution in [3.8, 4) is 40.1 Å². The van der Waals surface area contributed by atoms with Gasteiger partial charge >= 0.3 is 5.97 Å². The molecule has 10 atom stereocenters. The molecule has 2 aliphatic heterocycles. The summed E-state index contributed by atoms with van der Waals surface area (Å²) in [4.78, 5) is 26.0. The third-order valence-electron chi connectivity index (χ3n) is 8.71. The van der Waals surface area contributed by atoms with Gasteiger partial charge in [-0.25, -0.2) is 4.79 Å². The van der Waals surface area contributed by atoms with Crippen LogP contribution in [0.3, 0.4) is 0 Å². The molecule has 17 nitrogen and oxygen atoms in total. The van der Waals surface area contributed by atoms with Gasteiger partial charge < -0.3 is 74.1 Å². The highest BCUT2D eigenvalue weighted by Gasteiger charge is 2.50. The molecule has 3 heterocycles. The van der Waals surface area contributed by atoms with Gasteiger partial charge in [0.25, 0.3) is 0 Å². The number of phenols is 4. The van der Waals surface area contributed by atoms with E-state index in [0.717, 1.165) is 18.2 Å². The van der Waals surface area contributed by atoms with E-state index in [1.807, 2.05) is 0 Å². The summed E-state index contributed by atoms with van der Waals surface area (Å²) < 4.78 is 33.9. The van der Waals surface area contributed by atoms with E-state index < -0.39 is 96.7 Å². The Bertz CT molecular complexity index is 2010. The summed E-state index contributed by atoms with van der Waals surface area (Å²) in [7, 11) is 0. The van der Waals surface area contributed by atoms with Crippen LogP contribution in [-0.2, 0) is 23.7 Å². The number of phenolic OH excluding ortho intramolecular Hbond substituents is 4. The zero-order chi connectivity index (χ0) is 38.1. The third-order valence-corrected chi connectivity index (χ3v) is 8.71. The minimum atomic E-state index is -1.94. The number of carbonyl (C=O) groups is 1. The Morgan fingerprint density at radius 3 is 2.09 bits per heavy atom. The van der Waals surface area contributed by atoms with Gasteiger partial charge in [0.05, 0.1) is 6.10 Å². The predicted octanol–water partition coefficient (Wildman–Crippen LogP) is 0.577. The van der Waals surface area contributed by atoms with Gasteiger partial charge in [0.2, 0.25) is 17.5 Å². The number of benzene rings is 3. The van der Waals surface area contributed by atoms with Gasteiger partial charge in [-0.15, -0.1) is 0 Å². The number of aliphatic hydroxyl groups is 5. The van der Waals surface area contributed by atoms with E-state index in [-0.39, 0.29) is 33.8 Å². The number of fused-ring (bicyclic) bond motifs is 1. The third kappa shape index (κ3) is 7.92. The molecule has 0 radical (unpaired) electrons. The van der Waals surface area contributed by atoms with Gasteiger partial charge in [0.1, 0.15) is 83.3 Å². The lowest BCUT2D eigenvalue weighted by Gasteiger charge is -2.45. The SMILES string of the molecule is C[C@H]1O[C@@H](Oc2c(-c3ccc(O)cc3)oc3cc(O)cc(O)c3c2=O)[C@H](O)[C@@H](O)[C@H]1O[C@H]1O[C@@H](COC(=O)C=Cc2ccc(O)cc2)[C@H](O)[C@@H](O)[C@@H]1O. The number of aliphatic hydroxyl groups excluding tert-OH is 5. The molecule has 2 fully saturated rings. The van der Waals surface area contributed by atoms with Crippen molar-refractivity contribution in [2.75, 3.05) is 6.61 Å². The summed E-state index contributed by atoms with van der Waals surface area (Å²) in [6.45, 7) is 0.808. The van der Waals surface area contributed by atoms with Crippen molar-refractivity contribution in [2.45, 2.75) is 68.3 Å². The van der Waals surface area contributed by atoms with Crippen LogP contribution in [-0.4, -0.2) is 120 Å². The standard InChI is InChI=1S/C36H36O17/c1-15-32(52-36-30(46)28(44)26(42)23(51-36)14-48-24(41)11-4-16-2-7-18(37)8-3-16)29(45)31(47)35(49-15)53-34-27(43)25-21(40)12-20(39)13-22(25)50-33(34)17-5-9-19(38)10-6-17/h2-13,15,23,26,28-32,35-40,42,44-47H,14H2,1H3/t15-,23+,26+,28-,29-,30+,31-,32+,35+,36-/m1/s1. The fraction of sp³-hybridized carbons (Fsp3) is 0.333. The fourth-order valence-electron chi connectivity index (χ4n) is 5.87. The van der Waals surface area contributed by atoms with Gasteiger partial charge in [0.15, 0.2) is 12.1 Å². The van der Waals surface area contributed by atoms with E-state index in [1.54, 1.807) is 12.1 Å². The van der Waals surface area contributed by atoms with Crippen LogP contribution < -0.4 is 10.2 Å². The molecule has 53 heavy (non-hydrogen) atoms. The molecule has 0 amide bonds. The first kappa shape index (κ1) is 37.5. The predicted molar refractivity (Wildman–Crippen MR) is 180 cm³/mol. The minimum absolute atomic E-state index is 0.0378. The highest BCUT2D eigenvalue weighted by Crippen LogP contribution is 2.38. The minimum Gasteiger partial charge on any atom is -0.508 e. The number of rotatable bonds is 9. The van der Waals surface area contributed by atoms with Gasteiger partial charge in [-0.2, -0.15) is 0 Å². The summed E-state index contributed by atoms with van der Waals surface area (Å²) >= 11 is 0. The maximum atomic E-state index is 13.7. The first-order valence-corrected chi connectivity index (χ1v) is 16.2. The van der Waals surface area contributed by atoms with Crippen molar-refractivity contribution >= 4 is 23.0 Å². The van der Waals surface area contributed by atoms with Crippen LogP contribution in [0.15, 0.2) is 76.0 Å². The lowest BCUT2D eigenvalue weighted by molar-refractivity contribution is -0.349. The largest absolute Gasteiger partial charge is 0.508 e. The molecule has 0 aliphatic carbocycles. The number of aromatic hydroxyl groups is 4. The van der Waals surface area contributed by atoms with E-state index in [2.05, 4.69) is 0 Å². The second kappa shape index (κ2) is 15.4. The highest BCUT2D eigenvalue weighted by molar-refractivity contribution is 5.88. The molecule has 6 rings (SSSR count). The maximum Gasteiger partial charge on any atom is 0.330 e. The topological polar surface area (TPSA) is 275 Å². The van der Waals surface area contributed by atoms with Gasteiger partial charge in [-0.05, 0) is 55.0 Å². The Morgan fingerprint density at radius 2 is 1.42 bits per heavy atom. The van der Waals surface area contributed by atoms with E-state index in [9.17, 15) is 55.5 Å². The number of hydrogen-bond donors (Lipinski definition) is 9. The number of hydrogen-bond acceptors (Lipinski definition) is 17. The van der Waals surface area contributed by atoms with Crippen molar-refractivity contribution in [3.05, 3.63) is 82.5 Å². The molecule has 9 N–H and O–H groups in total. The Kier molecular flexibility index (Phi) is 10.9. The molecule has 0 bridgehead atoms. The normalized spacial score (nSPS) is 28.9. The molecular weight excluding hydrogens is 704 g/mol. The molecular formula is C36H36O17. The summed E-state index contributed by atoms with van der Waals surface area (Å²) in [5, 5.41) is 93.2. The molecule has 0 unspecified atom stereocenters. The highest BCUT2D eigenvalue weighted by atomic mass is 16.7. The van der Waals surface area contributed by atoms with Crippen molar-refractivity contribution < 1.29 is 78.9 Å². The zero-order valence-corrected chi connectivity index (χ0v) is 27.7. The van der Waals surface area contributed by atoms with E-state index in [0.29, 0.717) is 5.56 Å². The molecule has 17 heteroatoms. The van der Waals surface area contributed by atoms with Crippen molar-refractivity contribution in [2.24, 2.45) is 0 Å². The van der Waals surface area contributed by atoms with Gasteiger partial charge in [-0.3, -0.25) is 4.79 Å². The fourth-order valence-corrected chi connectivity index (χ4v) is 5.87. The van der Waals surface area contributed by atoms with Gasteiger partial charge in [-0.1, -0.05) is 12.1 Å². The average molecular weight is 741 g/mol. The van der Waals surface area contributed by atoms with Crippen molar-refractivity contribution in [1.29, 1.82) is 0 Å². The Balaban J connectivity index is 1.17. The van der Waals surface area contributed by atoms with Crippen LogP contribution in [0.25, 0.3) is 28.4 Å². The van der Waals surface area contributed by atoms with Crippen LogP contribution in [0.5, 0.6) is 28.7 Å². The van der Waals surface area contributed by atoms with Crippen molar-refractivity contribution in [1.82, 2.24) is 0 Å². The number of esters is 1. The Labute approximate surface area is 299 Å². The summed E-state index contributed by atoms with van der Waals surface area (Å²) in [5.41, 5.74) is -0.363. The summed E-state index contributed by atoms with van der Waals surface area (Å²) in [5.74, 6) is -2.76. The quantitative estimate of drug-likeness (QED) is 0.0838. The average Bonchev–Trinajstić information content (AvgIpc) is 3.12. The first-order valence-electron chi connectivity index (χ1n) is 16.2. The van der Waals surface area contributed by atoms with Crippen LogP contribution in [0, 0.1) is 0 Å². The van der Waals surface area contributed by atoms with Crippen LogP contribution in [0.4, 0.5) is 0 Å². The van der Waals surface area contributed by atoms with Crippen LogP contribution >= 0.6 is 0 Å². The monoisotopic (exact) mass is 740 g/mol. The molecule has 3 aromatic carbocycles. The summed E-state index contributed by atoms with van der Waals surface area (Å²) in [6.07, 6.45) is -14.3. The zero-order valence-electron chi connectivity index (χ0n) is 27.7.